The van der Waals surface area contributed by atoms with Crippen LogP contribution in [-0.4, -0.2) is 198 Å². The zero-order chi connectivity index (χ0) is 73.2. The Bertz CT molecular complexity index is 4270. The number of Topliss-reactive ketones (excluding diaryl/α,β-unsaturated/α-hetero) is 2. The van der Waals surface area contributed by atoms with Gasteiger partial charge in [0.15, 0.2) is 0 Å². The summed E-state index contributed by atoms with van der Waals surface area (Å²) in [5.74, 6) is 1.83. The Labute approximate surface area is 617 Å². The minimum absolute atomic E-state index is 0.0132. The molecule has 3 saturated heterocycles. The number of fused-ring (bicyclic) bond motifs is 4. The van der Waals surface area contributed by atoms with E-state index in [1.54, 1.807) is 12.1 Å². The quantitative estimate of drug-likeness (QED) is 0.0133. The number of amides is 4. The van der Waals surface area contributed by atoms with Crippen LogP contribution in [0.5, 0.6) is 0 Å². The van der Waals surface area contributed by atoms with Gasteiger partial charge in [0.25, 0.3) is 5.91 Å². The average molecular weight is 1430 g/mol. The van der Waals surface area contributed by atoms with Crippen molar-refractivity contribution in [2.24, 2.45) is 0 Å². The summed E-state index contributed by atoms with van der Waals surface area (Å²) in [7, 11) is 4.28. The summed E-state index contributed by atoms with van der Waals surface area (Å²) in [6, 6.07) is 36.9. The number of hydrogen-bond acceptors (Lipinski definition) is 18. The van der Waals surface area contributed by atoms with Gasteiger partial charge in [-0.15, -0.1) is 0 Å². The van der Waals surface area contributed by atoms with E-state index in [0.717, 1.165) is 199 Å². The first-order valence-electron chi connectivity index (χ1n) is 38.2. The molecule has 8 aromatic rings. The maximum atomic E-state index is 12.5. The fraction of sp³-hybridized carbons (Fsp3) is 0.488. The smallest absolute Gasteiger partial charge is 0.260 e. The molecule has 0 bridgehead atoms. The number of aliphatic hydroxyl groups is 2. The van der Waals surface area contributed by atoms with Gasteiger partial charge in [0, 0.05) is 129 Å². The van der Waals surface area contributed by atoms with Gasteiger partial charge in [-0.1, -0.05) is 60.7 Å². The van der Waals surface area contributed by atoms with E-state index in [-0.39, 0.29) is 66.9 Å². The van der Waals surface area contributed by atoms with E-state index in [4.69, 9.17) is 19.9 Å². The molecule has 0 unspecified atom stereocenters. The number of anilines is 2. The molecule has 6 aromatic heterocycles. The number of β-lactam (4-membered cyclic amide) rings is 1. The Balaban J connectivity index is 0.000000197. The van der Waals surface area contributed by atoms with Crippen LogP contribution in [0.2, 0.25) is 0 Å². The molecule has 0 saturated carbocycles. The lowest BCUT2D eigenvalue weighted by molar-refractivity contribution is -0.136. The van der Waals surface area contributed by atoms with Crippen molar-refractivity contribution >= 4 is 58.1 Å². The first kappa shape index (κ1) is 75.6. The van der Waals surface area contributed by atoms with E-state index in [9.17, 15) is 39.0 Å². The fourth-order valence-corrected chi connectivity index (χ4v) is 15.7. The van der Waals surface area contributed by atoms with Crippen molar-refractivity contribution in [1.29, 1.82) is 0 Å². The molecule has 4 amide bonds. The van der Waals surface area contributed by atoms with Gasteiger partial charge in [0.1, 0.15) is 34.5 Å². The molecular weight excluding hydrogens is 1320 g/mol. The SMILES string of the molecule is CC(=O)CC(=O)CCc1ccc(CCCC(=O)NCCCN2CCN(c3cccc4nc(CN(C)[C@H]5CCCc6cccnc65)c(CO)n34)CC2)cc1.CN(Cc1nc2cccc(N3CCN(CCCNC(=O)CCCc4ccc(C(=O)N5CCC5=O)cc4)CC3)n2c1CO)[C@H]1CCCc2cccnc21. The van der Waals surface area contributed by atoms with Gasteiger partial charge >= 0.3 is 0 Å². The molecule has 2 atom stereocenters. The summed E-state index contributed by atoms with van der Waals surface area (Å²) in [5, 5.41) is 27.4. The number of nitrogens with zero attached hydrogens (tertiary/aromatic N) is 13. The van der Waals surface area contributed by atoms with Crippen LogP contribution in [0, 0.1) is 0 Å². The minimum atomic E-state index is -0.236. The van der Waals surface area contributed by atoms with Crippen molar-refractivity contribution in [2.75, 3.05) is 109 Å². The largest absolute Gasteiger partial charge is 0.390 e. The molecule has 23 heteroatoms. The highest BCUT2D eigenvalue weighted by molar-refractivity contribution is 6.07. The summed E-state index contributed by atoms with van der Waals surface area (Å²) in [4.78, 5) is 107. The van der Waals surface area contributed by atoms with Gasteiger partial charge in [-0.05, 0) is 194 Å². The van der Waals surface area contributed by atoms with Crippen molar-refractivity contribution in [3.8, 4) is 0 Å². The van der Waals surface area contributed by atoms with Crippen LogP contribution in [0.3, 0.4) is 0 Å². The second kappa shape index (κ2) is 36.7. The predicted octanol–water partition coefficient (Wildman–Crippen LogP) is 8.62. The molecule has 4 N–H and O–H groups in total. The molecular formula is C82H105N15O8. The molecule has 2 aromatic carbocycles. The Hall–Kier alpha value is -9.10. The normalized spacial score (nSPS) is 17.0. The molecule has 13 rings (SSSR count). The van der Waals surface area contributed by atoms with E-state index < -0.39 is 0 Å². The van der Waals surface area contributed by atoms with E-state index >= 15 is 0 Å². The van der Waals surface area contributed by atoms with Crippen LogP contribution in [0.15, 0.2) is 122 Å². The highest BCUT2D eigenvalue weighted by Gasteiger charge is 2.33. The van der Waals surface area contributed by atoms with Crippen LogP contribution in [0.1, 0.15) is 175 Å². The predicted molar refractivity (Wildman–Crippen MR) is 406 cm³/mol. The van der Waals surface area contributed by atoms with Crippen molar-refractivity contribution in [3.05, 3.63) is 189 Å². The standard InChI is InChI=1S/C42H55N7O4.C40H50N8O4/c1-31(51)28-35(52)20-19-33-17-15-32(16-18-33)8-3-13-40(53)43-22-7-23-47-24-26-48(27-25-47)41-14-5-12-39-45-36(38(30-50)49(39)41)29-46(2)37-11-4-9-34-10-6-21-44-42(34)37;1-44(33-10-3-8-30-9-5-19-42-39(30)33)27-32-34(28-49)48-35(43-32)11-4-13-37(48)46-25-23-45(24-26-46)21-6-20-41-36(50)12-2-7-29-14-16-31(17-15-29)40(52)47-22-18-38(47)51/h5-6,10,12,14-18,21,37,50H,3-4,7-9,11,13,19-20,22-30H2,1-2H3,(H,43,53);4-5,9,11,13-17,19,33,49H,2-3,6-8,10,12,18,20-28H2,1H3,(H,41,50)/t37-;33-/m00/s1. The highest BCUT2D eigenvalue weighted by Crippen LogP contribution is 2.36. The highest BCUT2D eigenvalue weighted by atomic mass is 16.3. The van der Waals surface area contributed by atoms with Crippen molar-refractivity contribution in [3.63, 3.8) is 0 Å². The van der Waals surface area contributed by atoms with Gasteiger partial charge in [0.2, 0.25) is 17.7 Å². The summed E-state index contributed by atoms with van der Waals surface area (Å²) >= 11 is 0. The first-order valence-corrected chi connectivity index (χ1v) is 38.2. The molecule has 0 spiro atoms. The maximum absolute atomic E-state index is 12.5. The van der Waals surface area contributed by atoms with Crippen LogP contribution >= 0.6 is 0 Å². The monoisotopic (exact) mass is 1430 g/mol. The van der Waals surface area contributed by atoms with Crippen LogP contribution < -0.4 is 20.4 Å². The number of piperazine rings is 2. The van der Waals surface area contributed by atoms with E-state index in [0.29, 0.717) is 70.4 Å². The zero-order valence-corrected chi connectivity index (χ0v) is 61.6. The van der Waals surface area contributed by atoms with Gasteiger partial charge in [0.05, 0.1) is 65.9 Å². The number of rotatable bonds is 32. The summed E-state index contributed by atoms with van der Waals surface area (Å²) in [5.41, 5.74) is 14.1. The Morgan fingerprint density at radius 2 is 0.981 bits per heavy atom. The Morgan fingerprint density at radius 3 is 1.41 bits per heavy atom. The number of aryl methyl sites for hydroxylation is 5. The second-order valence-electron chi connectivity index (χ2n) is 29.0. The van der Waals surface area contributed by atoms with E-state index in [1.165, 1.54) is 39.9 Å². The molecule has 556 valence electrons. The third-order valence-electron chi connectivity index (χ3n) is 21.6. The van der Waals surface area contributed by atoms with Gasteiger partial charge in [-0.3, -0.25) is 72.0 Å². The lowest BCUT2D eigenvalue weighted by Crippen LogP contribution is -2.47. The zero-order valence-electron chi connectivity index (χ0n) is 61.6. The average Bonchev–Trinajstić information content (AvgIpc) is 1.64. The third kappa shape index (κ3) is 19.5. The Kier molecular flexibility index (Phi) is 26.4. The number of benzene rings is 2. The molecule has 3 fully saturated rings. The topological polar surface area (TPSA) is 250 Å². The van der Waals surface area contributed by atoms with Crippen LogP contribution in [-0.2, 0) is 82.4 Å². The number of nitrogens with one attached hydrogen (secondary N) is 2. The van der Waals surface area contributed by atoms with Crippen LogP contribution in [0.4, 0.5) is 11.6 Å². The van der Waals surface area contributed by atoms with Crippen molar-refractivity contribution in [2.45, 2.75) is 161 Å². The van der Waals surface area contributed by atoms with E-state index in [1.807, 2.05) is 60.9 Å². The first-order chi connectivity index (χ1) is 51.2. The number of carbonyl (C=O) groups is 6. The summed E-state index contributed by atoms with van der Waals surface area (Å²) in [6.07, 6.45) is 17.7. The lowest BCUT2D eigenvalue weighted by Gasteiger charge is -2.36. The third-order valence-corrected chi connectivity index (χ3v) is 21.6. The molecule has 3 aliphatic heterocycles. The number of aliphatic hydroxyl groups excluding tert-OH is 2. The number of imidazole rings is 2. The van der Waals surface area contributed by atoms with Crippen molar-refractivity contribution < 1.29 is 39.0 Å². The number of hydrogen-bond donors (Lipinski definition) is 4. The molecule has 9 heterocycles. The number of carbonyl (C=O) groups excluding carboxylic acids is 6. The Morgan fingerprint density at radius 1 is 0.524 bits per heavy atom. The molecule has 0 radical (unpaired) electrons. The molecule has 5 aliphatic rings. The van der Waals surface area contributed by atoms with E-state index in [2.05, 4.69) is 111 Å². The fourth-order valence-electron chi connectivity index (χ4n) is 15.7. The summed E-state index contributed by atoms with van der Waals surface area (Å²) in [6.45, 7) is 13.5. The van der Waals surface area contributed by atoms with Gasteiger partial charge < -0.3 is 30.6 Å². The minimum Gasteiger partial charge on any atom is -0.390 e. The van der Waals surface area contributed by atoms with Crippen molar-refractivity contribution in [1.82, 2.24) is 63.9 Å². The van der Waals surface area contributed by atoms with Gasteiger partial charge in [-0.25, -0.2) is 9.97 Å². The molecule has 105 heavy (non-hydrogen) atoms. The lowest BCUT2D eigenvalue weighted by atomic mass is 9.91. The maximum Gasteiger partial charge on any atom is 0.260 e. The van der Waals surface area contributed by atoms with Crippen LogP contribution in [0.25, 0.3) is 11.3 Å². The molecule has 2 aliphatic carbocycles. The number of ketones is 2. The van der Waals surface area contributed by atoms with Gasteiger partial charge in [-0.2, -0.15) is 0 Å². The summed E-state index contributed by atoms with van der Waals surface area (Å²) < 4.78 is 4.27. The number of aromatic nitrogens is 6. The molecule has 23 nitrogen and oxygen atoms in total. The second-order valence-corrected chi connectivity index (χ2v) is 29.0. The number of imide groups is 1. The number of pyridine rings is 4. The number of likely N-dealkylation sites (tertiary alicyclic amines) is 1.